The molecule has 0 bridgehead atoms. The fraction of sp³-hybridized carbons (Fsp3) is 0.304. The molecule has 0 atom stereocenters. The van der Waals surface area contributed by atoms with Crippen LogP contribution in [0.2, 0.25) is 0 Å². The summed E-state index contributed by atoms with van der Waals surface area (Å²) >= 11 is 1.47. The lowest BCUT2D eigenvalue weighted by atomic mass is 10.0. The summed E-state index contributed by atoms with van der Waals surface area (Å²) in [7, 11) is 2.12. The molecule has 1 aliphatic rings. The molecule has 0 spiro atoms. The molecular weight excluding hydrogens is 424 g/mol. The number of aryl methyl sites for hydroxylation is 1. The Morgan fingerprint density at radius 3 is 2.75 bits per heavy atom. The van der Waals surface area contributed by atoms with Crippen LogP contribution in [0.5, 0.6) is 0 Å². The molecule has 0 N–H and O–H groups in total. The highest BCUT2D eigenvalue weighted by Gasteiger charge is 2.30. The minimum atomic E-state index is 0.0317. The number of hydrogen-bond donors (Lipinski definition) is 0. The molecule has 4 heterocycles. The molecular formula is C23H24N6O2S. The fourth-order valence-corrected chi connectivity index (χ4v) is 4.70. The fourth-order valence-electron chi connectivity index (χ4n) is 4.04. The lowest BCUT2D eigenvalue weighted by molar-refractivity contribution is 0.0967. The van der Waals surface area contributed by atoms with E-state index in [1.807, 2.05) is 52.9 Å². The summed E-state index contributed by atoms with van der Waals surface area (Å²) < 4.78 is 7.34. The molecule has 9 heteroatoms. The average molecular weight is 449 g/mol. The van der Waals surface area contributed by atoms with Crippen molar-refractivity contribution in [2.75, 3.05) is 25.0 Å². The van der Waals surface area contributed by atoms with Crippen LogP contribution in [0.15, 0.2) is 58.6 Å². The van der Waals surface area contributed by atoms with Gasteiger partial charge in [0.05, 0.1) is 28.6 Å². The molecule has 32 heavy (non-hydrogen) atoms. The first-order valence-corrected chi connectivity index (χ1v) is 11.5. The van der Waals surface area contributed by atoms with E-state index in [9.17, 15) is 4.79 Å². The summed E-state index contributed by atoms with van der Waals surface area (Å²) in [6, 6.07) is 11.7. The highest BCUT2D eigenvalue weighted by molar-refractivity contribution is 7.12. The first-order chi connectivity index (χ1) is 15.6. The van der Waals surface area contributed by atoms with Gasteiger partial charge in [-0.1, -0.05) is 12.1 Å². The maximum atomic E-state index is 13.4. The second kappa shape index (κ2) is 8.68. The number of amides is 1. The van der Waals surface area contributed by atoms with Crippen LogP contribution in [0.25, 0.3) is 17.1 Å². The van der Waals surface area contributed by atoms with E-state index < -0.39 is 0 Å². The Morgan fingerprint density at radius 1 is 1.19 bits per heavy atom. The van der Waals surface area contributed by atoms with Crippen LogP contribution in [0.4, 0.5) is 5.69 Å². The van der Waals surface area contributed by atoms with E-state index in [1.165, 1.54) is 11.3 Å². The van der Waals surface area contributed by atoms with Crippen LogP contribution in [0.1, 0.15) is 28.4 Å². The van der Waals surface area contributed by atoms with Crippen LogP contribution in [-0.4, -0.2) is 57.0 Å². The summed E-state index contributed by atoms with van der Waals surface area (Å²) in [5.74, 6) is 1.02. The number of rotatable bonds is 5. The van der Waals surface area contributed by atoms with E-state index in [-0.39, 0.29) is 11.9 Å². The number of anilines is 1. The second-order valence-corrected chi connectivity index (χ2v) is 8.95. The third kappa shape index (κ3) is 4.09. The first-order valence-electron chi connectivity index (χ1n) is 10.6. The molecule has 0 aliphatic carbocycles. The highest BCUT2D eigenvalue weighted by atomic mass is 32.1. The van der Waals surface area contributed by atoms with Gasteiger partial charge in [-0.25, -0.2) is 4.68 Å². The molecule has 1 aromatic carbocycles. The van der Waals surface area contributed by atoms with Gasteiger partial charge in [0.1, 0.15) is 0 Å². The molecule has 3 aromatic heterocycles. The van der Waals surface area contributed by atoms with E-state index in [0.717, 1.165) is 47.7 Å². The van der Waals surface area contributed by atoms with Gasteiger partial charge in [-0.3, -0.25) is 4.79 Å². The number of piperidine rings is 1. The lowest BCUT2D eigenvalue weighted by Crippen LogP contribution is -2.46. The zero-order valence-electron chi connectivity index (χ0n) is 18.0. The number of nitrogens with zero attached hydrogens (tertiary/aromatic N) is 6. The summed E-state index contributed by atoms with van der Waals surface area (Å²) in [5.41, 5.74) is 2.48. The number of hydrogen-bond acceptors (Lipinski definition) is 7. The van der Waals surface area contributed by atoms with Gasteiger partial charge in [-0.2, -0.15) is 5.10 Å². The van der Waals surface area contributed by atoms with Crippen LogP contribution < -0.4 is 4.90 Å². The van der Waals surface area contributed by atoms with Crippen molar-refractivity contribution in [1.82, 2.24) is 24.9 Å². The van der Waals surface area contributed by atoms with Crippen molar-refractivity contribution in [2.45, 2.75) is 25.8 Å². The Kier molecular flexibility index (Phi) is 5.59. The lowest BCUT2D eigenvalue weighted by Gasteiger charge is -2.36. The molecule has 5 rings (SSSR count). The van der Waals surface area contributed by atoms with Gasteiger partial charge in [0.15, 0.2) is 0 Å². The van der Waals surface area contributed by atoms with E-state index in [0.29, 0.717) is 11.8 Å². The van der Waals surface area contributed by atoms with Gasteiger partial charge in [0, 0.05) is 18.5 Å². The highest BCUT2D eigenvalue weighted by Crippen LogP contribution is 2.28. The summed E-state index contributed by atoms with van der Waals surface area (Å²) in [6.07, 6.45) is 5.56. The number of carbonyl (C=O) groups excluding carboxylic acids is 1. The van der Waals surface area contributed by atoms with Crippen LogP contribution in [0.3, 0.4) is 0 Å². The molecule has 1 fully saturated rings. The molecule has 4 aromatic rings. The van der Waals surface area contributed by atoms with Gasteiger partial charge in [-0.05, 0) is 62.6 Å². The molecule has 164 valence electrons. The number of thiophene rings is 1. The minimum Gasteiger partial charge on any atom is -0.421 e. The van der Waals surface area contributed by atoms with Crippen LogP contribution in [0, 0.1) is 6.92 Å². The number of aromatic nitrogens is 4. The van der Waals surface area contributed by atoms with Crippen molar-refractivity contribution >= 4 is 22.9 Å². The summed E-state index contributed by atoms with van der Waals surface area (Å²) in [5, 5.41) is 14.5. The van der Waals surface area contributed by atoms with Crippen molar-refractivity contribution < 1.29 is 9.21 Å². The monoisotopic (exact) mass is 448 g/mol. The average Bonchev–Trinajstić information content (AvgIpc) is 3.57. The van der Waals surface area contributed by atoms with Crippen LogP contribution in [-0.2, 0) is 0 Å². The van der Waals surface area contributed by atoms with Crippen LogP contribution >= 0.6 is 11.3 Å². The van der Waals surface area contributed by atoms with Crippen molar-refractivity contribution in [3.63, 3.8) is 0 Å². The Balaban J connectivity index is 1.47. The largest absolute Gasteiger partial charge is 0.421 e. The molecule has 0 radical (unpaired) electrons. The summed E-state index contributed by atoms with van der Waals surface area (Å²) in [4.78, 5) is 18.4. The molecule has 1 aliphatic heterocycles. The smallest absolute Gasteiger partial charge is 0.268 e. The van der Waals surface area contributed by atoms with Gasteiger partial charge >= 0.3 is 0 Å². The van der Waals surface area contributed by atoms with Gasteiger partial charge in [-0.15, -0.1) is 21.5 Å². The minimum absolute atomic E-state index is 0.0317. The Bertz CT molecular complexity index is 1210. The van der Waals surface area contributed by atoms with Crippen molar-refractivity contribution in [2.24, 2.45) is 0 Å². The SMILES string of the molecule is Cc1nnc(-c2cccc(-n3cc(N(C(=O)c4cccs4)C4CCN(C)CC4)cn3)c2)o1. The standard InChI is InChI=1S/C23H24N6O2S/c1-16-25-26-22(31-16)17-5-3-6-19(13-17)28-15-20(14-24-28)29(18-8-10-27(2)11-9-18)23(30)21-7-4-12-32-21/h3-7,12-15,18H,8-11H2,1-2H3. The quantitative estimate of drug-likeness (QED) is 0.459. The first kappa shape index (κ1) is 20.6. The van der Waals surface area contributed by atoms with Gasteiger partial charge in [0.2, 0.25) is 11.8 Å². The second-order valence-electron chi connectivity index (χ2n) is 8.01. The maximum absolute atomic E-state index is 13.4. The van der Waals surface area contributed by atoms with Gasteiger partial charge in [0.25, 0.3) is 5.91 Å². The number of carbonyl (C=O) groups is 1. The van der Waals surface area contributed by atoms with E-state index >= 15 is 0 Å². The predicted octanol–water partition coefficient (Wildman–Crippen LogP) is 4.03. The third-order valence-corrected chi connectivity index (χ3v) is 6.59. The number of benzene rings is 1. The predicted molar refractivity (Wildman–Crippen MR) is 123 cm³/mol. The molecule has 0 unspecified atom stereocenters. The normalized spacial score (nSPS) is 15.2. The van der Waals surface area contributed by atoms with E-state index in [4.69, 9.17) is 4.42 Å². The molecule has 1 saturated heterocycles. The number of likely N-dealkylation sites (tertiary alicyclic amines) is 1. The summed E-state index contributed by atoms with van der Waals surface area (Å²) in [6.45, 7) is 3.71. The molecule has 0 saturated carbocycles. The molecule has 8 nitrogen and oxygen atoms in total. The van der Waals surface area contributed by atoms with Gasteiger partial charge < -0.3 is 14.2 Å². The van der Waals surface area contributed by atoms with Crippen molar-refractivity contribution in [1.29, 1.82) is 0 Å². The Morgan fingerprint density at radius 2 is 2.03 bits per heavy atom. The van der Waals surface area contributed by atoms with E-state index in [1.54, 1.807) is 17.8 Å². The topological polar surface area (TPSA) is 80.3 Å². The molecule has 1 amide bonds. The van der Waals surface area contributed by atoms with E-state index in [2.05, 4.69) is 27.2 Å². The van der Waals surface area contributed by atoms with Crippen molar-refractivity contribution in [3.05, 3.63) is 64.9 Å². The maximum Gasteiger partial charge on any atom is 0.268 e. The zero-order valence-corrected chi connectivity index (χ0v) is 18.8. The Hall–Kier alpha value is -3.30. The zero-order chi connectivity index (χ0) is 22.1. The van der Waals surface area contributed by atoms with Crippen molar-refractivity contribution in [3.8, 4) is 17.1 Å². The Labute approximate surface area is 190 Å². The third-order valence-electron chi connectivity index (χ3n) is 5.73.